The molecule has 0 amide bonds. The Morgan fingerprint density at radius 2 is 1.67 bits per heavy atom. The van der Waals surface area contributed by atoms with Gasteiger partial charge in [0.05, 0.1) is 28.2 Å². The number of nitro groups is 1. The van der Waals surface area contributed by atoms with Gasteiger partial charge in [0.2, 0.25) is 0 Å². The van der Waals surface area contributed by atoms with Crippen LogP contribution in [0.25, 0.3) is 0 Å². The van der Waals surface area contributed by atoms with Crippen LogP contribution >= 0.6 is 23.2 Å². The number of halogens is 2. The average molecular weight is 295 g/mol. The van der Waals surface area contributed by atoms with Crippen LogP contribution < -0.4 is 4.90 Å². The molecule has 0 unspecified atom stereocenters. The predicted molar refractivity (Wildman–Crippen MR) is 69.5 cm³/mol. The zero-order valence-electron chi connectivity index (χ0n) is 9.34. The fraction of sp³-hybridized carbons (Fsp3) is 0.400. The Morgan fingerprint density at radius 1 is 1.17 bits per heavy atom. The van der Waals surface area contributed by atoms with Crippen molar-refractivity contribution in [3.05, 3.63) is 32.3 Å². The van der Waals surface area contributed by atoms with Gasteiger partial charge in [0.1, 0.15) is 5.69 Å². The minimum atomic E-state index is -0.584. The molecule has 2 N–H and O–H groups in total. The third kappa shape index (κ3) is 3.46. The summed E-state index contributed by atoms with van der Waals surface area (Å²) in [6, 6.07) is 2.51. The molecule has 18 heavy (non-hydrogen) atoms. The normalized spacial score (nSPS) is 10.4. The zero-order chi connectivity index (χ0) is 13.7. The highest BCUT2D eigenvalue weighted by Gasteiger charge is 2.21. The van der Waals surface area contributed by atoms with Crippen LogP contribution in [0.3, 0.4) is 0 Å². The Bertz CT molecular complexity index is 436. The van der Waals surface area contributed by atoms with Crippen LogP contribution in [0.1, 0.15) is 0 Å². The van der Waals surface area contributed by atoms with E-state index in [1.165, 1.54) is 11.0 Å². The van der Waals surface area contributed by atoms with Gasteiger partial charge < -0.3 is 15.1 Å². The van der Waals surface area contributed by atoms with Crippen molar-refractivity contribution in [3.63, 3.8) is 0 Å². The summed E-state index contributed by atoms with van der Waals surface area (Å²) < 4.78 is 0. The van der Waals surface area contributed by atoms with Crippen LogP contribution in [0.5, 0.6) is 0 Å². The van der Waals surface area contributed by atoms with Gasteiger partial charge in [-0.25, -0.2) is 0 Å². The quantitative estimate of drug-likeness (QED) is 0.616. The van der Waals surface area contributed by atoms with Crippen molar-refractivity contribution < 1.29 is 15.1 Å². The summed E-state index contributed by atoms with van der Waals surface area (Å²) in [5.74, 6) is 0. The molecule has 1 aromatic rings. The molecule has 0 aliphatic heterocycles. The molecule has 0 saturated carbocycles. The Balaban J connectivity index is 3.25. The number of rotatable bonds is 6. The minimum absolute atomic E-state index is 0.0834. The summed E-state index contributed by atoms with van der Waals surface area (Å²) in [5, 5.41) is 29.1. The lowest BCUT2D eigenvalue weighted by Gasteiger charge is -2.22. The summed E-state index contributed by atoms with van der Waals surface area (Å²) in [5.41, 5.74) is 0.00352. The fourth-order valence-corrected chi connectivity index (χ4v) is 1.84. The number of benzene rings is 1. The standard InChI is InChI=1S/C10H12Cl2N2O4/c11-7-5-9(13(1-3-15)2-4-16)10(14(17)18)6-8(7)12/h5-6,15-16H,1-4H2. The van der Waals surface area contributed by atoms with E-state index in [1.54, 1.807) is 0 Å². The third-order valence-electron chi connectivity index (χ3n) is 2.29. The molecular weight excluding hydrogens is 283 g/mol. The Labute approximate surface area is 113 Å². The molecule has 0 fully saturated rings. The highest BCUT2D eigenvalue weighted by molar-refractivity contribution is 6.42. The van der Waals surface area contributed by atoms with Crippen LogP contribution in [-0.2, 0) is 0 Å². The maximum absolute atomic E-state index is 11.0. The lowest BCUT2D eigenvalue weighted by molar-refractivity contribution is -0.384. The summed E-state index contributed by atoms with van der Waals surface area (Å²) in [6.07, 6.45) is 0. The van der Waals surface area contributed by atoms with Crippen molar-refractivity contribution in [2.24, 2.45) is 0 Å². The first-order chi connectivity index (χ1) is 8.51. The van der Waals surface area contributed by atoms with Crippen molar-refractivity contribution >= 4 is 34.6 Å². The molecule has 1 rings (SSSR count). The molecule has 0 aliphatic carbocycles. The van der Waals surface area contributed by atoms with Crippen molar-refractivity contribution in [1.82, 2.24) is 0 Å². The van der Waals surface area contributed by atoms with E-state index in [-0.39, 0.29) is 47.7 Å². The molecule has 0 radical (unpaired) electrons. The third-order valence-corrected chi connectivity index (χ3v) is 3.02. The number of anilines is 1. The summed E-state index contributed by atoms with van der Waals surface area (Å²) in [4.78, 5) is 11.8. The average Bonchev–Trinajstić information content (AvgIpc) is 2.31. The highest BCUT2D eigenvalue weighted by Crippen LogP contribution is 2.36. The monoisotopic (exact) mass is 294 g/mol. The number of hydrogen-bond donors (Lipinski definition) is 2. The van der Waals surface area contributed by atoms with Crippen LogP contribution in [0, 0.1) is 10.1 Å². The van der Waals surface area contributed by atoms with Crippen LogP contribution in [0.2, 0.25) is 10.0 Å². The maximum atomic E-state index is 11.0. The number of nitro benzene ring substituents is 1. The second-order valence-corrected chi connectivity index (χ2v) is 4.26. The molecule has 0 aromatic heterocycles. The Morgan fingerprint density at radius 3 is 2.11 bits per heavy atom. The predicted octanol–water partition coefficient (Wildman–Crippen LogP) is 1.69. The number of nitrogens with zero attached hydrogens (tertiary/aromatic N) is 2. The number of hydrogen-bond acceptors (Lipinski definition) is 5. The van der Waals surface area contributed by atoms with Gasteiger partial charge in [-0.05, 0) is 6.07 Å². The van der Waals surface area contributed by atoms with E-state index in [9.17, 15) is 10.1 Å². The lowest BCUT2D eigenvalue weighted by atomic mass is 10.2. The van der Waals surface area contributed by atoms with Gasteiger partial charge in [-0.3, -0.25) is 10.1 Å². The largest absolute Gasteiger partial charge is 0.395 e. The van der Waals surface area contributed by atoms with E-state index in [0.29, 0.717) is 0 Å². The van der Waals surface area contributed by atoms with E-state index in [2.05, 4.69) is 0 Å². The lowest BCUT2D eigenvalue weighted by Crippen LogP contribution is -2.30. The molecule has 0 bridgehead atoms. The second kappa shape index (κ2) is 6.75. The molecule has 8 heteroatoms. The Hall–Kier alpha value is -1.08. The van der Waals surface area contributed by atoms with Gasteiger partial charge in [0, 0.05) is 19.2 Å². The zero-order valence-corrected chi connectivity index (χ0v) is 10.9. The fourth-order valence-electron chi connectivity index (χ4n) is 1.52. The molecule has 0 spiro atoms. The van der Waals surface area contributed by atoms with Crippen molar-refractivity contribution in [3.8, 4) is 0 Å². The summed E-state index contributed by atoms with van der Waals surface area (Å²) in [7, 11) is 0. The van der Waals surface area contributed by atoms with Crippen molar-refractivity contribution in [2.75, 3.05) is 31.2 Å². The molecule has 0 aliphatic rings. The van der Waals surface area contributed by atoms with Crippen LogP contribution in [-0.4, -0.2) is 41.4 Å². The van der Waals surface area contributed by atoms with E-state index < -0.39 is 4.92 Å². The first-order valence-electron chi connectivity index (χ1n) is 5.11. The SMILES string of the molecule is O=[N+]([O-])c1cc(Cl)c(Cl)cc1N(CCO)CCO. The smallest absolute Gasteiger partial charge is 0.294 e. The van der Waals surface area contributed by atoms with Gasteiger partial charge in [-0.15, -0.1) is 0 Å². The molecule has 0 atom stereocenters. The Kier molecular flexibility index (Phi) is 5.61. The van der Waals surface area contributed by atoms with E-state index in [0.717, 1.165) is 6.07 Å². The van der Waals surface area contributed by atoms with Gasteiger partial charge in [0.15, 0.2) is 0 Å². The molecule has 100 valence electrons. The van der Waals surface area contributed by atoms with Crippen LogP contribution in [0.15, 0.2) is 12.1 Å². The first kappa shape index (κ1) is 15.0. The molecular formula is C10H12Cl2N2O4. The molecule has 6 nitrogen and oxygen atoms in total. The van der Waals surface area contributed by atoms with Gasteiger partial charge in [0.25, 0.3) is 5.69 Å². The number of aliphatic hydroxyl groups excluding tert-OH is 2. The van der Waals surface area contributed by atoms with Gasteiger partial charge >= 0.3 is 0 Å². The topological polar surface area (TPSA) is 86.8 Å². The van der Waals surface area contributed by atoms with Crippen molar-refractivity contribution in [2.45, 2.75) is 0 Å². The van der Waals surface area contributed by atoms with Crippen LogP contribution in [0.4, 0.5) is 11.4 Å². The minimum Gasteiger partial charge on any atom is -0.395 e. The van der Waals surface area contributed by atoms with Crippen molar-refractivity contribution in [1.29, 1.82) is 0 Å². The maximum Gasteiger partial charge on any atom is 0.294 e. The highest BCUT2D eigenvalue weighted by atomic mass is 35.5. The van der Waals surface area contributed by atoms with Gasteiger partial charge in [-0.1, -0.05) is 23.2 Å². The number of aliphatic hydroxyl groups is 2. The van der Waals surface area contributed by atoms with E-state index in [1.807, 2.05) is 0 Å². The van der Waals surface area contributed by atoms with E-state index in [4.69, 9.17) is 33.4 Å². The molecule has 1 aromatic carbocycles. The molecule has 0 heterocycles. The second-order valence-electron chi connectivity index (χ2n) is 3.45. The molecule has 0 saturated heterocycles. The first-order valence-corrected chi connectivity index (χ1v) is 5.87. The summed E-state index contributed by atoms with van der Waals surface area (Å²) >= 11 is 11.6. The van der Waals surface area contributed by atoms with Gasteiger partial charge in [-0.2, -0.15) is 0 Å². The van der Waals surface area contributed by atoms with E-state index >= 15 is 0 Å². The summed E-state index contributed by atoms with van der Waals surface area (Å²) in [6.45, 7) is -0.0898.